The van der Waals surface area contributed by atoms with Crippen molar-refractivity contribution < 1.29 is 9.84 Å². The van der Waals surface area contributed by atoms with E-state index in [0.717, 1.165) is 12.8 Å². The van der Waals surface area contributed by atoms with Crippen molar-refractivity contribution in [3.8, 4) is 0 Å². The van der Waals surface area contributed by atoms with Gasteiger partial charge in [0.15, 0.2) is 0 Å². The summed E-state index contributed by atoms with van der Waals surface area (Å²) in [5, 5.41) is 9.51. The summed E-state index contributed by atoms with van der Waals surface area (Å²) in [7, 11) is 0. The summed E-state index contributed by atoms with van der Waals surface area (Å²) in [5.41, 5.74) is -0.662. The van der Waals surface area contributed by atoms with Gasteiger partial charge in [0.05, 0.1) is 17.8 Å². The molecule has 2 heteroatoms. The lowest BCUT2D eigenvalue weighted by atomic mass is 9.99. The fraction of sp³-hybridized carbons (Fsp3) is 1.00. The number of hydrogen-bond acceptors (Lipinski definition) is 2. The highest BCUT2D eigenvalue weighted by Gasteiger charge is 2.33. The van der Waals surface area contributed by atoms with Crippen LogP contribution in [0.2, 0.25) is 0 Å². The monoisotopic (exact) mass is 144 g/mol. The Kier molecular flexibility index (Phi) is 2.02. The first-order chi connectivity index (χ1) is 4.50. The van der Waals surface area contributed by atoms with Crippen molar-refractivity contribution in [2.45, 2.75) is 51.4 Å². The first-order valence-corrected chi connectivity index (χ1v) is 3.88. The van der Waals surface area contributed by atoms with Gasteiger partial charge in [0, 0.05) is 0 Å². The molecule has 10 heavy (non-hydrogen) atoms. The van der Waals surface area contributed by atoms with Crippen molar-refractivity contribution in [3.63, 3.8) is 0 Å². The van der Waals surface area contributed by atoms with Gasteiger partial charge in [0.2, 0.25) is 0 Å². The van der Waals surface area contributed by atoms with Gasteiger partial charge in [0.1, 0.15) is 0 Å². The van der Waals surface area contributed by atoms with E-state index in [0.29, 0.717) is 6.10 Å². The maximum atomic E-state index is 9.51. The summed E-state index contributed by atoms with van der Waals surface area (Å²) >= 11 is 0. The molecule has 1 heterocycles. The summed E-state index contributed by atoms with van der Waals surface area (Å²) in [6.45, 7) is 5.65. The lowest BCUT2D eigenvalue weighted by molar-refractivity contribution is -0.0786. The molecule has 0 aromatic heterocycles. The highest BCUT2D eigenvalue weighted by atomic mass is 16.5. The van der Waals surface area contributed by atoms with Gasteiger partial charge in [-0.25, -0.2) is 0 Å². The zero-order chi connectivity index (χ0) is 7.78. The molecule has 0 amide bonds. The Morgan fingerprint density at radius 3 is 2.20 bits per heavy atom. The van der Waals surface area contributed by atoms with E-state index in [2.05, 4.69) is 0 Å². The van der Waals surface area contributed by atoms with E-state index in [1.54, 1.807) is 13.8 Å². The second-order valence-corrected chi connectivity index (χ2v) is 3.67. The summed E-state index contributed by atoms with van der Waals surface area (Å²) in [6, 6.07) is 0. The third kappa shape index (κ3) is 1.70. The molecular weight excluding hydrogens is 128 g/mol. The van der Waals surface area contributed by atoms with Gasteiger partial charge < -0.3 is 9.84 Å². The molecule has 0 aliphatic carbocycles. The molecule has 0 unspecified atom stereocenters. The zero-order valence-corrected chi connectivity index (χ0v) is 6.92. The maximum absolute atomic E-state index is 9.51. The van der Waals surface area contributed by atoms with E-state index in [9.17, 15) is 5.11 Å². The van der Waals surface area contributed by atoms with Crippen LogP contribution in [0, 0.1) is 0 Å². The van der Waals surface area contributed by atoms with Crippen molar-refractivity contribution in [2.24, 2.45) is 0 Å². The lowest BCUT2D eigenvalue weighted by Crippen LogP contribution is -2.35. The van der Waals surface area contributed by atoms with Gasteiger partial charge in [-0.1, -0.05) is 0 Å². The van der Waals surface area contributed by atoms with E-state index in [4.69, 9.17) is 4.74 Å². The van der Waals surface area contributed by atoms with Gasteiger partial charge in [-0.15, -0.1) is 0 Å². The standard InChI is InChI=1S/C8H16O2/c1-6-4-5-7(10-6)8(2,3)9/h6-7,9H,4-5H2,1-3H3/t6-,7+/m1/s1. The van der Waals surface area contributed by atoms with Crippen molar-refractivity contribution in [3.05, 3.63) is 0 Å². The van der Waals surface area contributed by atoms with Crippen molar-refractivity contribution in [2.75, 3.05) is 0 Å². The Bertz CT molecular complexity index is 115. The topological polar surface area (TPSA) is 29.5 Å². The Balaban J connectivity index is 2.45. The van der Waals surface area contributed by atoms with Crippen LogP contribution in [0.15, 0.2) is 0 Å². The molecule has 2 nitrogen and oxygen atoms in total. The summed E-state index contributed by atoms with van der Waals surface area (Å²) in [5.74, 6) is 0. The predicted molar refractivity (Wildman–Crippen MR) is 39.9 cm³/mol. The first-order valence-electron chi connectivity index (χ1n) is 3.88. The smallest absolute Gasteiger partial charge is 0.0861 e. The van der Waals surface area contributed by atoms with E-state index in [1.165, 1.54) is 0 Å². The predicted octanol–water partition coefficient (Wildman–Crippen LogP) is 1.32. The molecule has 0 saturated carbocycles. The van der Waals surface area contributed by atoms with Crippen LogP contribution in [0.3, 0.4) is 0 Å². The van der Waals surface area contributed by atoms with E-state index < -0.39 is 5.60 Å². The minimum atomic E-state index is -0.662. The van der Waals surface area contributed by atoms with Gasteiger partial charge in [-0.2, -0.15) is 0 Å². The zero-order valence-electron chi connectivity index (χ0n) is 6.92. The second kappa shape index (κ2) is 2.51. The molecule has 1 aliphatic heterocycles. The molecule has 0 aromatic rings. The molecule has 1 rings (SSSR count). The molecule has 0 aromatic carbocycles. The maximum Gasteiger partial charge on any atom is 0.0861 e. The Labute approximate surface area is 62.2 Å². The summed E-state index contributed by atoms with van der Waals surface area (Å²) in [6.07, 6.45) is 2.44. The molecule has 0 radical (unpaired) electrons. The van der Waals surface area contributed by atoms with Gasteiger partial charge in [-0.05, 0) is 33.6 Å². The summed E-state index contributed by atoms with van der Waals surface area (Å²) < 4.78 is 5.48. The molecule has 1 saturated heterocycles. The van der Waals surface area contributed by atoms with Crippen LogP contribution in [0.25, 0.3) is 0 Å². The Hall–Kier alpha value is -0.0800. The molecular formula is C8H16O2. The lowest BCUT2D eigenvalue weighted by Gasteiger charge is -2.24. The quantitative estimate of drug-likeness (QED) is 0.601. The van der Waals surface area contributed by atoms with Crippen molar-refractivity contribution in [1.82, 2.24) is 0 Å². The highest BCUT2D eigenvalue weighted by molar-refractivity contribution is 4.83. The van der Waals surface area contributed by atoms with Crippen LogP contribution >= 0.6 is 0 Å². The van der Waals surface area contributed by atoms with Gasteiger partial charge >= 0.3 is 0 Å². The highest BCUT2D eigenvalue weighted by Crippen LogP contribution is 2.27. The summed E-state index contributed by atoms with van der Waals surface area (Å²) in [4.78, 5) is 0. The second-order valence-electron chi connectivity index (χ2n) is 3.67. The van der Waals surface area contributed by atoms with E-state index >= 15 is 0 Å². The normalized spacial score (nSPS) is 34.8. The van der Waals surface area contributed by atoms with Crippen molar-refractivity contribution >= 4 is 0 Å². The number of rotatable bonds is 1. The molecule has 2 atom stereocenters. The third-order valence-corrected chi connectivity index (χ3v) is 2.02. The largest absolute Gasteiger partial charge is 0.388 e. The van der Waals surface area contributed by atoms with Crippen LogP contribution in [0.5, 0.6) is 0 Å². The number of ether oxygens (including phenoxy) is 1. The number of hydrogen-bond donors (Lipinski definition) is 1. The average molecular weight is 144 g/mol. The minimum Gasteiger partial charge on any atom is -0.388 e. The molecule has 1 aliphatic rings. The third-order valence-electron chi connectivity index (χ3n) is 2.02. The molecule has 0 bridgehead atoms. The molecule has 0 spiro atoms. The van der Waals surface area contributed by atoms with Crippen LogP contribution in [0.1, 0.15) is 33.6 Å². The average Bonchev–Trinajstić information content (AvgIpc) is 2.11. The fourth-order valence-electron chi connectivity index (χ4n) is 1.32. The molecule has 1 N–H and O–H groups in total. The van der Waals surface area contributed by atoms with E-state index in [-0.39, 0.29) is 6.10 Å². The van der Waals surface area contributed by atoms with Gasteiger partial charge in [0.25, 0.3) is 0 Å². The van der Waals surface area contributed by atoms with Crippen LogP contribution in [-0.4, -0.2) is 22.9 Å². The van der Waals surface area contributed by atoms with Crippen LogP contribution in [0.4, 0.5) is 0 Å². The molecule has 60 valence electrons. The van der Waals surface area contributed by atoms with Gasteiger partial charge in [-0.3, -0.25) is 0 Å². The Morgan fingerprint density at radius 2 is 2.00 bits per heavy atom. The Morgan fingerprint density at radius 1 is 1.40 bits per heavy atom. The fourth-order valence-corrected chi connectivity index (χ4v) is 1.32. The van der Waals surface area contributed by atoms with Crippen LogP contribution in [-0.2, 0) is 4.74 Å². The van der Waals surface area contributed by atoms with Crippen molar-refractivity contribution in [1.29, 1.82) is 0 Å². The first kappa shape index (κ1) is 8.02. The van der Waals surface area contributed by atoms with E-state index in [1.807, 2.05) is 6.92 Å². The minimum absolute atomic E-state index is 0.0440. The SMILES string of the molecule is C[C@@H]1CC[C@@H](C(C)(C)O)O1. The number of aliphatic hydroxyl groups is 1. The molecule has 1 fully saturated rings. The van der Waals surface area contributed by atoms with Crippen LogP contribution < -0.4 is 0 Å².